The zero-order valence-corrected chi connectivity index (χ0v) is 40.9. The summed E-state index contributed by atoms with van der Waals surface area (Å²) in [4.78, 5) is 74.9. The molecule has 68 heavy (non-hydrogen) atoms. The lowest BCUT2D eigenvalue weighted by Gasteiger charge is -2.29. The van der Waals surface area contributed by atoms with Gasteiger partial charge in [0.1, 0.15) is 24.6 Å². The molecule has 0 spiro atoms. The van der Waals surface area contributed by atoms with E-state index in [-0.39, 0.29) is 86.9 Å². The first-order valence-corrected chi connectivity index (χ1v) is 24.7. The summed E-state index contributed by atoms with van der Waals surface area (Å²) in [6, 6.07) is 16.0. The summed E-state index contributed by atoms with van der Waals surface area (Å²) in [5.41, 5.74) is 10.9. The van der Waals surface area contributed by atoms with Gasteiger partial charge in [-0.15, -0.1) is 22.7 Å². The molecule has 0 unspecified atom stereocenters. The maximum absolute atomic E-state index is 14.5. The van der Waals surface area contributed by atoms with Crippen molar-refractivity contribution in [1.29, 1.82) is 0 Å². The van der Waals surface area contributed by atoms with Gasteiger partial charge in [-0.1, -0.05) is 81.4 Å². The average molecular weight is 963 g/mol. The van der Waals surface area contributed by atoms with Crippen LogP contribution >= 0.6 is 22.7 Å². The van der Waals surface area contributed by atoms with E-state index in [2.05, 4.69) is 40.9 Å². The molecule has 6 atom stereocenters. The average Bonchev–Trinajstić information content (AvgIpc) is 4.19. The zero-order valence-electron chi connectivity index (χ0n) is 39.3. The predicted molar refractivity (Wildman–Crippen MR) is 256 cm³/mol. The van der Waals surface area contributed by atoms with Crippen LogP contribution in [0, 0.1) is 32.6 Å². The molecule has 4 aromatic heterocycles. The molecule has 19 heteroatoms. The molecule has 0 aliphatic carbocycles. The van der Waals surface area contributed by atoms with E-state index in [0.717, 1.165) is 49.1 Å². The van der Waals surface area contributed by atoms with Crippen LogP contribution in [-0.2, 0) is 43.6 Å². The largest absolute Gasteiger partial charge is 0.391 e. The summed E-state index contributed by atoms with van der Waals surface area (Å²) in [5.74, 6) is -2.94. The quantitative estimate of drug-likeness (QED) is 0.0800. The molecule has 2 aliphatic heterocycles. The van der Waals surface area contributed by atoms with Crippen LogP contribution in [0.5, 0.6) is 0 Å². The number of aliphatic hydroxyl groups excluding tert-OH is 1. The molecule has 8 rings (SSSR count). The minimum atomic E-state index is -0.892. The van der Waals surface area contributed by atoms with Gasteiger partial charge < -0.3 is 34.8 Å². The number of aromatic amines is 1. The lowest BCUT2D eigenvalue weighted by Crippen LogP contribution is -2.48. The Morgan fingerprint density at radius 1 is 0.779 bits per heavy atom. The number of carbonyl (C=O) groups is 4. The molecule has 358 valence electrons. The van der Waals surface area contributed by atoms with Crippen molar-refractivity contribution in [3.8, 4) is 20.9 Å². The van der Waals surface area contributed by atoms with Crippen LogP contribution < -0.4 is 10.6 Å². The second-order valence-corrected chi connectivity index (χ2v) is 20.1. The number of rotatable bonds is 17. The molecular formula is C49H58N10O7S2. The number of hydrogen-bond acceptors (Lipinski definition) is 14. The van der Waals surface area contributed by atoms with Crippen LogP contribution in [0.4, 0.5) is 0 Å². The number of aryl methyl sites for hydroxylation is 3. The fraction of sp³-hybridized carbons (Fsp3) is 0.449. The van der Waals surface area contributed by atoms with Gasteiger partial charge in [0.25, 0.3) is 5.89 Å². The van der Waals surface area contributed by atoms with Crippen molar-refractivity contribution in [1.82, 2.24) is 50.7 Å². The SMILES string of the molecule is Cc1cc([C@H](C(=O)N2C[C@H](OCc3nc([C@H](C(=O)N4C[C@H](O)C[C@H]4C(=O)NCc4ccc(-c5scnc5C)cc4)C(C)C)no3)C[C@H]2C(=O)NCc2ccc(-c3scnc3C)cc2)C(C)C)n[nH]1. The van der Waals surface area contributed by atoms with E-state index in [4.69, 9.17) is 9.26 Å². The van der Waals surface area contributed by atoms with E-state index in [1.807, 2.05) is 114 Å². The van der Waals surface area contributed by atoms with Crippen molar-refractivity contribution in [2.75, 3.05) is 13.1 Å². The van der Waals surface area contributed by atoms with E-state index >= 15 is 0 Å². The minimum absolute atomic E-state index is 0.0145. The number of benzene rings is 2. The van der Waals surface area contributed by atoms with E-state index < -0.39 is 42.0 Å². The van der Waals surface area contributed by atoms with Gasteiger partial charge >= 0.3 is 0 Å². The Labute approximate surface area is 403 Å². The lowest BCUT2D eigenvalue weighted by molar-refractivity contribution is -0.140. The third-order valence-corrected chi connectivity index (χ3v) is 14.6. The Morgan fingerprint density at radius 3 is 1.81 bits per heavy atom. The molecule has 2 aromatic carbocycles. The number of nitrogens with zero attached hydrogens (tertiary/aromatic N) is 7. The van der Waals surface area contributed by atoms with Crippen LogP contribution in [0.3, 0.4) is 0 Å². The van der Waals surface area contributed by atoms with Gasteiger partial charge in [-0.25, -0.2) is 9.97 Å². The highest BCUT2D eigenvalue weighted by molar-refractivity contribution is 7.13. The number of β-amino-alcohol motifs (C(OH)–C–C–N with tert-alkyl or cyclic N) is 1. The summed E-state index contributed by atoms with van der Waals surface area (Å²) in [6.07, 6.45) is -1.13. The van der Waals surface area contributed by atoms with Gasteiger partial charge in [0.2, 0.25) is 23.6 Å². The number of nitrogens with one attached hydrogen (secondary N) is 3. The maximum Gasteiger partial charge on any atom is 0.252 e. The number of hydrogen-bond donors (Lipinski definition) is 4. The van der Waals surface area contributed by atoms with Gasteiger partial charge in [0.05, 0.1) is 56.0 Å². The number of H-pyrrole nitrogens is 1. The van der Waals surface area contributed by atoms with Crippen LogP contribution in [0.15, 0.2) is 70.1 Å². The van der Waals surface area contributed by atoms with Crippen molar-refractivity contribution in [2.24, 2.45) is 11.8 Å². The summed E-state index contributed by atoms with van der Waals surface area (Å²) < 4.78 is 11.9. The second kappa shape index (κ2) is 21.0. The van der Waals surface area contributed by atoms with Gasteiger partial charge in [-0.05, 0) is 60.9 Å². The molecule has 6 heterocycles. The second-order valence-electron chi connectivity index (χ2n) is 18.4. The number of carbonyl (C=O) groups excluding carboxylic acids is 4. The van der Waals surface area contributed by atoms with Crippen molar-refractivity contribution < 1.29 is 33.5 Å². The monoisotopic (exact) mass is 962 g/mol. The fourth-order valence-electron chi connectivity index (χ4n) is 9.08. The first kappa shape index (κ1) is 48.3. The van der Waals surface area contributed by atoms with Crippen molar-refractivity contribution in [3.05, 3.63) is 111 Å². The molecule has 2 saturated heterocycles. The highest BCUT2D eigenvalue weighted by Gasteiger charge is 2.45. The third-order valence-electron chi connectivity index (χ3n) is 12.7. The van der Waals surface area contributed by atoms with Crippen molar-refractivity contribution in [3.63, 3.8) is 0 Å². The Balaban J connectivity index is 0.915. The first-order chi connectivity index (χ1) is 32.6. The summed E-state index contributed by atoms with van der Waals surface area (Å²) in [6.45, 7) is 14.0. The van der Waals surface area contributed by atoms with E-state index in [1.165, 1.54) is 4.90 Å². The van der Waals surface area contributed by atoms with Crippen molar-refractivity contribution >= 4 is 46.3 Å². The van der Waals surface area contributed by atoms with Crippen molar-refractivity contribution in [2.45, 2.75) is 117 Å². The van der Waals surface area contributed by atoms with Crippen LogP contribution in [0.2, 0.25) is 0 Å². The summed E-state index contributed by atoms with van der Waals surface area (Å²) in [5, 5.41) is 28.3. The molecule has 4 N–H and O–H groups in total. The number of ether oxygens (including phenoxy) is 1. The number of thiazole rings is 2. The standard InChI is InChI=1S/C49H58N10O7S2/c1-26(2)41(37-16-28(5)55-56-37)48(63)59-22-36(18-39(59)47(62)51-20-32-10-14-34(15-11-32)44-30(7)53-25-68-44)65-23-40-54-45(57-66-40)42(27(3)4)49(64)58-21-35(60)17-38(58)46(61)50-19-31-8-12-33(13-9-31)43-29(6)52-24-67-43/h8-16,24-27,35-36,38-39,41-42,60H,17-23H2,1-7H3,(H,50,61)(H,51,62)(H,55,56)/t35-,36-,38+,39+,41-,42-/m1/s1. The smallest absolute Gasteiger partial charge is 0.252 e. The normalized spacial score (nSPS) is 19.2. The summed E-state index contributed by atoms with van der Waals surface area (Å²) in [7, 11) is 0. The number of aliphatic hydroxyl groups is 1. The Morgan fingerprint density at radius 2 is 1.31 bits per heavy atom. The first-order valence-electron chi connectivity index (χ1n) is 22.9. The fourth-order valence-corrected chi connectivity index (χ4v) is 10.7. The Hall–Kier alpha value is -6.15. The molecule has 0 saturated carbocycles. The van der Waals surface area contributed by atoms with Crippen LogP contribution in [-0.4, -0.2) is 106 Å². The molecule has 0 radical (unpaired) electrons. The molecule has 6 aromatic rings. The van der Waals surface area contributed by atoms with E-state index in [0.29, 0.717) is 5.69 Å². The Kier molecular flexibility index (Phi) is 14.9. The number of aromatic nitrogens is 6. The highest BCUT2D eigenvalue weighted by Crippen LogP contribution is 2.34. The van der Waals surface area contributed by atoms with Gasteiger partial charge in [0, 0.05) is 44.7 Å². The molecule has 2 fully saturated rings. The summed E-state index contributed by atoms with van der Waals surface area (Å²) >= 11 is 3.15. The van der Waals surface area contributed by atoms with Gasteiger partial charge in [0.15, 0.2) is 5.82 Å². The third kappa shape index (κ3) is 10.8. The molecular weight excluding hydrogens is 905 g/mol. The minimum Gasteiger partial charge on any atom is -0.391 e. The Bertz CT molecular complexity index is 2710. The lowest BCUT2D eigenvalue weighted by atomic mass is 9.90. The van der Waals surface area contributed by atoms with Crippen LogP contribution in [0.25, 0.3) is 20.9 Å². The van der Waals surface area contributed by atoms with E-state index in [1.54, 1.807) is 27.6 Å². The van der Waals surface area contributed by atoms with Crippen LogP contribution in [0.1, 0.15) is 98.0 Å². The maximum atomic E-state index is 14.5. The van der Waals surface area contributed by atoms with E-state index in [9.17, 15) is 24.3 Å². The zero-order chi connectivity index (χ0) is 48.2. The number of amides is 4. The van der Waals surface area contributed by atoms with Gasteiger partial charge in [-0.2, -0.15) is 10.1 Å². The number of likely N-dealkylation sites (tertiary alicyclic amines) is 2. The molecule has 4 amide bonds. The molecule has 2 aliphatic rings. The molecule has 17 nitrogen and oxygen atoms in total. The van der Waals surface area contributed by atoms with Gasteiger partial charge in [-0.3, -0.25) is 24.3 Å². The predicted octanol–water partition coefficient (Wildman–Crippen LogP) is 6.23. The topological polar surface area (TPSA) is 222 Å². The molecule has 0 bridgehead atoms. The highest BCUT2D eigenvalue weighted by atomic mass is 32.1.